The summed E-state index contributed by atoms with van der Waals surface area (Å²) in [6.07, 6.45) is 7.04. The largest absolute Gasteiger partial charge is 0.497 e. The number of methoxy groups -OCH3 is 1. The molecule has 0 bridgehead atoms. The molecule has 1 saturated heterocycles. The van der Waals surface area contributed by atoms with Crippen LogP contribution in [0.3, 0.4) is 0 Å². The first kappa shape index (κ1) is 21.4. The topological polar surface area (TPSA) is 59.2 Å². The van der Waals surface area contributed by atoms with E-state index in [1.54, 1.807) is 7.11 Å². The Morgan fingerprint density at radius 1 is 1.27 bits per heavy atom. The SMILES string of the molecule is COc1ccc2nc(CC3CC(C(C)C)C(CNC4CCOCC4)C=C3C)[nH]c2c1. The zero-order valence-corrected chi connectivity index (χ0v) is 18.9. The van der Waals surface area contributed by atoms with E-state index in [9.17, 15) is 0 Å². The first-order valence-electron chi connectivity index (χ1n) is 11.6. The van der Waals surface area contributed by atoms with E-state index in [-0.39, 0.29) is 0 Å². The second-order valence-corrected chi connectivity index (χ2v) is 9.48. The molecular weight excluding hydrogens is 374 g/mol. The van der Waals surface area contributed by atoms with Crippen LogP contribution in [-0.4, -0.2) is 42.9 Å². The van der Waals surface area contributed by atoms with Crippen LogP contribution < -0.4 is 10.1 Å². The Bertz CT molecular complexity index is 866. The van der Waals surface area contributed by atoms with Crippen molar-refractivity contribution in [2.24, 2.45) is 23.7 Å². The summed E-state index contributed by atoms with van der Waals surface area (Å²) < 4.78 is 10.9. The van der Waals surface area contributed by atoms with E-state index in [4.69, 9.17) is 14.5 Å². The minimum absolute atomic E-state index is 0.555. The molecule has 4 rings (SSSR count). The fourth-order valence-electron chi connectivity index (χ4n) is 5.21. The van der Waals surface area contributed by atoms with Crippen LogP contribution in [0.5, 0.6) is 5.75 Å². The molecule has 5 nitrogen and oxygen atoms in total. The number of H-pyrrole nitrogens is 1. The summed E-state index contributed by atoms with van der Waals surface area (Å²) in [5.74, 6) is 4.50. The number of hydrogen-bond acceptors (Lipinski definition) is 4. The lowest BCUT2D eigenvalue weighted by Crippen LogP contribution is -2.41. The minimum atomic E-state index is 0.555. The molecule has 3 unspecified atom stereocenters. The van der Waals surface area contributed by atoms with E-state index >= 15 is 0 Å². The molecule has 1 aromatic heterocycles. The molecule has 0 amide bonds. The number of fused-ring (bicyclic) bond motifs is 1. The van der Waals surface area contributed by atoms with Crippen molar-refractivity contribution < 1.29 is 9.47 Å². The van der Waals surface area contributed by atoms with Gasteiger partial charge in [0, 0.05) is 38.3 Å². The van der Waals surface area contributed by atoms with Gasteiger partial charge in [-0.3, -0.25) is 0 Å². The van der Waals surface area contributed by atoms with Crippen LogP contribution in [0.25, 0.3) is 11.0 Å². The molecule has 0 saturated carbocycles. The zero-order valence-electron chi connectivity index (χ0n) is 18.9. The minimum Gasteiger partial charge on any atom is -0.497 e. The highest BCUT2D eigenvalue weighted by molar-refractivity contribution is 5.76. The third kappa shape index (κ3) is 4.89. The van der Waals surface area contributed by atoms with Gasteiger partial charge >= 0.3 is 0 Å². The van der Waals surface area contributed by atoms with Gasteiger partial charge in [-0.2, -0.15) is 0 Å². The van der Waals surface area contributed by atoms with E-state index in [1.807, 2.05) is 18.2 Å². The van der Waals surface area contributed by atoms with E-state index in [0.29, 0.717) is 29.7 Å². The van der Waals surface area contributed by atoms with Crippen LogP contribution in [0.2, 0.25) is 0 Å². The summed E-state index contributed by atoms with van der Waals surface area (Å²) in [5.41, 5.74) is 3.59. The first-order valence-corrected chi connectivity index (χ1v) is 11.6. The summed E-state index contributed by atoms with van der Waals surface area (Å²) in [5, 5.41) is 3.83. The third-order valence-corrected chi connectivity index (χ3v) is 7.13. The van der Waals surface area contributed by atoms with E-state index in [2.05, 4.69) is 37.1 Å². The van der Waals surface area contributed by atoms with Crippen LogP contribution in [0.4, 0.5) is 0 Å². The molecule has 5 heteroatoms. The number of aromatic amines is 1. The van der Waals surface area contributed by atoms with Crippen LogP contribution in [0, 0.1) is 23.7 Å². The molecular formula is C25H37N3O2. The number of nitrogens with one attached hydrogen (secondary N) is 2. The van der Waals surface area contributed by atoms with Gasteiger partial charge in [-0.15, -0.1) is 0 Å². The number of ether oxygens (including phenoxy) is 2. The number of allylic oxidation sites excluding steroid dienone is 1. The summed E-state index contributed by atoms with van der Waals surface area (Å²) >= 11 is 0. The van der Waals surface area contributed by atoms with Gasteiger partial charge in [-0.05, 0) is 62.0 Å². The number of nitrogens with zero attached hydrogens (tertiary/aromatic N) is 1. The van der Waals surface area contributed by atoms with Crippen molar-refractivity contribution in [2.75, 3.05) is 26.9 Å². The Labute approximate surface area is 180 Å². The average Bonchev–Trinajstić information content (AvgIpc) is 3.15. The average molecular weight is 412 g/mol. The Morgan fingerprint density at radius 2 is 2.07 bits per heavy atom. The van der Waals surface area contributed by atoms with Gasteiger partial charge in [0.1, 0.15) is 11.6 Å². The lowest BCUT2D eigenvalue weighted by atomic mass is 9.69. The summed E-state index contributed by atoms with van der Waals surface area (Å²) in [6, 6.07) is 6.66. The number of hydrogen-bond donors (Lipinski definition) is 2. The monoisotopic (exact) mass is 411 g/mol. The summed E-state index contributed by atoms with van der Waals surface area (Å²) in [4.78, 5) is 8.36. The molecule has 2 N–H and O–H groups in total. The maximum Gasteiger partial charge on any atom is 0.121 e. The van der Waals surface area contributed by atoms with Gasteiger partial charge in [0.25, 0.3) is 0 Å². The third-order valence-electron chi connectivity index (χ3n) is 7.13. The number of benzene rings is 1. The lowest BCUT2D eigenvalue weighted by molar-refractivity contribution is 0.0757. The van der Waals surface area contributed by atoms with E-state index in [0.717, 1.165) is 61.6 Å². The Balaban J connectivity index is 1.45. The van der Waals surface area contributed by atoms with E-state index in [1.165, 1.54) is 12.0 Å². The normalized spacial score (nSPS) is 25.6. The quantitative estimate of drug-likeness (QED) is 0.646. The van der Waals surface area contributed by atoms with Crippen molar-refractivity contribution in [1.82, 2.24) is 15.3 Å². The molecule has 0 spiro atoms. The van der Waals surface area contributed by atoms with Gasteiger partial charge < -0.3 is 19.8 Å². The van der Waals surface area contributed by atoms with Crippen molar-refractivity contribution in [3.63, 3.8) is 0 Å². The fraction of sp³-hybridized carbons (Fsp3) is 0.640. The predicted octanol–water partition coefficient (Wildman–Crippen LogP) is 4.74. The second kappa shape index (κ2) is 9.52. The van der Waals surface area contributed by atoms with Crippen LogP contribution >= 0.6 is 0 Å². The van der Waals surface area contributed by atoms with Gasteiger partial charge in [0.05, 0.1) is 18.1 Å². The van der Waals surface area contributed by atoms with E-state index < -0.39 is 0 Å². The van der Waals surface area contributed by atoms with Crippen molar-refractivity contribution in [2.45, 2.75) is 52.5 Å². The summed E-state index contributed by atoms with van der Waals surface area (Å²) in [6.45, 7) is 9.96. The van der Waals surface area contributed by atoms with Crippen molar-refractivity contribution >= 4 is 11.0 Å². The maximum absolute atomic E-state index is 5.51. The lowest BCUT2D eigenvalue weighted by Gasteiger charge is -2.38. The molecule has 0 radical (unpaired) electrons. The number of rotatable bonds is 7. The molecule has 1 aliphatic heterocycles. The van der Waals surface area contributed by atoms with Crippen molar-refractivity contribution in [3.8, 4) is 5.75 Å². The van der Waals surface area contributed by atoms with Gasteiger partial charge in [-0.25, -0.2) is 4.98 Å². The second-order valence-electron chi connectivity index (χ2n) is 9.48. The van der Waals surface area contributed by atoms with Gasteiger partial charge in [0.15, 0.2) is 0 Å². The molecule has 3 atom stereocenters. The molecule has 2 aliphatic rings. The summed E-state index contributed by atoms with van der Waals surface area (Å²) in [7, 11) is 1.70. The molecule has 1 fully saturated rings. The zero-order chi connectivity index (χ0) is 21.1. The highest BCUT2D eigenvalue weighted by Crippen LogP contribution is 2.38. The van der Waals surface area contributed by atoms with Crippen molar-refractivity contribution in [3.05, 3.63) is 35.7 Å². The highest BCUT2D eigenvalue weighted by atomic mass is 16.5. The van der Waals surface area contributed by atoms with Gasteiger partial charge in [-0.1, -0.05) is 25.5 Å². The smallest absolute Gasteiger partial charge is 0.121 e. The maximum atomic E-state index is 5.51. The molecule has 1 aliphatic carbocycles. The van der Waals surface area contributed by atoms with Crippen LogP contribution in [0.15, 0.2) is 29.8 Å². The predicted molar refractivity (Wildman–Crippen MR) is 122 cm³/mol. The molecule has 2 aromatic rings. The van der Waals surface area contributed by atoms with Crippen molar-refractivity contribution in [1.29, 1.82) is 0 Å². The molecule has 2 heterocycles. The molecule has 30 heavy (non-hydrogen) atoms. The number of imidazole rings is 1. The first-order chi connectivity index (χ1) is 14.5. The Kier molecular flexibility index (Phi) is 6.79. The molecule has 164 valence electrons. The number of aromatic nitrogens is 2. The van der Waals surface area contributed by atoms with Gasteiger partial charge in [0.2, 0.25) is 0 Å². The fourth-order valence-corrected chi connectivity index (χ4v) is 5.21. The van der Waals surface area contributed by atoms with Crippen LogP contribution in [-0.2, 0) is 11.2 Å². The Hall–Kier alpha value is -1.85. The highest BCUT2D eigenvalue weighted by Gasteiger charge is 2.32. The molecule has 1 aromatic carbocycles. The van der Waals surface area contributed by atoms with Crippen LogP contribution in [0.1, 0.15) is 45.9 Å². The Morgan fingerprint density at radius 3 is 2.80 bits per heavy atom. The standard InChI is InChI=1S/C25H37N3O2/c1-16(2)22-12-18(13-25-27-23-6-5-21(29-4)14-24(23)28-25)17(3)11-19(22)15-26-20-7-9-30-10-8-20/h5-6,11,14,16,18-20,22,26H,7-10,12-13,15H2,1-4H3,(H,27,28).